The third kappa shape index (κ3) is 3.05. The Bertz CT molecular complexity index is 517. The maximum absolute atomic E-state index is 12.4. The summed E-state index contributed by atoms with van der Waals surface area (Å²) in [5.41, 5.74) is 2.10. The standard InChI is InChI=1S/C17H25N3O/c1-3-18-12(2)14-5-4-6-15(10-14)19-17(21)20-11-13-7-8-16(20)9-13/h4-6,10,12-13,16,18H,3,7-9,11H2,1-2H3,(H,19,21). The predicted octanol–water partition coefficient (Wildman–Crippen LogP) is 3.37. The van der Waals surface area contributed by atoms with E-state index in [-0.39, 0.29) is 6.03 Å². The monoisotopic (exact) mass is 287 g/mol. The summed E-state index contributed by atoms with van der Waals surface area (Å²) in [4.78, 5) is 14.4. The Morgan fingerprint density at radius 2 is 2.29 bits per heavy atom. The molecule has 4 nitrogen and oxygen atoms in total. The summed E-state index contributed by atoms with van der Waals surface area (Å²) in [6.07, 6.45) is 3.67. The van der Waals surface area contributed by atoms with Crippen molar-refractivity contribution in [2.75, 3.05) is 18.4 Å². The van der Waals surface area contributed by atoms with Gasteiger partial charge in [0.05, 0.1) is 0 Å². The van der Waals surface area contributed by atoms with Crippen LogP contribution in [0.4, 0.5) is 10.5 Å². The van der Waals surface area contributed by atoms with Crippen LogP contribution in [0.15, 0.2) is 24.3 Å². The fourth-order valence-corrected chi connectivity index (χ4v) is 3.68. The van der Waals surface area contributed by atoms with Crippen LogP contribution in [0.2, 0.25) is 0 Å². The number of likely N-dealkylation sites (tertiary alicyclic amines) is 1. The molecule has 3 atom stereocenters. The number of benzene rings is 1. The lowest BCUT2D eigenvalue weighted by Crippen LogP contribution is -2.40. The number of hydrogen-bond acceptors (Lipinski definition) is 2. The minimum atomic E-state index is 0.0652. The molecule has 0 aromatic heterocycles. The van der Waals surface area contributed by atoms with Crippen LogP contribution in [0.5, 0.6) is 0 Å². The molecule has 0 radical (unpaired) electrons. The number of piperidine rings is 1. The van der Waals surface area contributed by atoms with E-state index in [0.29, 0.717) is 12.1 Å². The molecule has 4 heteroatoms. The molecule has 2 amide bonds. The minimum Gasteiger partial charge on any atom is -0.321 e. The van der Waals surface area contributed by atoms with Crippen LogP contribution < -0.4 is 10.6 Å². The van der Waals surface area contributed by atoms with Gasteiger partial charge in [0, 0.05) is 24.3 Å². The van der Waals surface area contributed by atoms with Crippen LogP contribution in [0.1, 0.15) is 44.7 Å². The van der Waals surface area contributed by atoms with E-state index < -0.39 is 0 Å². The lowest BCUT2D eigenvalue weighted by atomic mass is 10.1. The summed E-state index contributed by atoms with van der Waals surface area (Å²) in [7, 11) is 0. The van der Waals surface area contributed by atoms with Crippen LogP contribution in [-0.2, 0) is 0 Å². The van der Waals surface area contributed by atoms with Crippen molar-refractivity contribution in [3.05, 3.63) is 29.8 Å². The van der Waals surface area contributed by atoms with Gasteiger partial charge in [-0.1, -0.05) is 19.1 Å². The summed E-state index contributed by atoms with van der Waals surface area (Å²) >= 11 is 0. The molecule has 2 fully saturated rings. The molecule has 1 aliphatic carbocycles. The molecule has 21 heavy (non-hydrogen) atoms. The van der Waals surface area contributed by atoms with E-state index in [9.17, 15) is 4.79 Å². The topological polar surface area (TPSA) is 44.4 Å². The van der Waals surface area contributed by atoms with E-state index >= 15 is 0 Å². The average Bonchev–Trinajstić information content (AvgIpc) is 3.10. The average molecular weight is 287 g/mol. The van der Waals surface area contributed by atoms with E-state index in [4.69, 9.17) is 0 Å². The van der Waals surface area contributed by atoms with Crippen molar-refractivity contribution in [1.29, 1.82) is 0 Å². The molecule has 3 unspecified atom stereocenters. The van der Waals surface area contributed by atoms with E-state index in [0.717, 1.165) is 24.7 Å². The molecular weight excluding hydrogens is 262 g/mol. The van der Waals surface area contributed by atoms with Crippen molar-refractivity contribution in [2.24, 2.45) is 5.92 Å². The first-order chi connectivity index (χ1) is 10.2. The summed E-state index contributed by atoms with van der Waals surface area (Å²) < 4.78 is 0. The van der Waals surface area contributed by atoms with Crippen molar-refractivity contribution in [3.63, 3.8) is 0 Å². The second-order valence-corrected chi connectivity index (χ2v) is 6.32. The van der Waals surface area contributed by atoms with Gasteiger partial charge in [0.25, 0.3) is 0 Å². The number of urea groups is 1. The highest BCUT2D eigenvalue weighted by molar-refractivity contribution is 5.90. The third-order valence-corrected chi connectivity index (χ3v) is 4.82. The molecule has 2 bridgehead atoms. The summed E-state index contributed by atoms with van der Waals surface area (Å²) in [6.45, 7) is 6.12. The zero-order valence-electron chi connectivity index (χ0n) is 12.9. The Morgan fingerprint density at radius 1 is 1.43 bits per heavy atom. The number of hydrogen-bond donors (Lipinski definition) is 2. The van der Waals surface area contributed by atoms with Gasteiger partial charge in [-0.2, -0.15) is 0 Å². The maximum atomic E-state index is 12.4. The Morgan fingerprint density at radius 3 is 2.95 bits per heavy atom. The van der Waals surface area contributed by atoms with E-state index in [1.54, 1.807) is 0 Å². The van der Waals surface area contributed by atoms with Crippen LogP contribution >= 0.6 is 0 Å². The third-order valence-electron chi connectivity index (χ3n) is 4.82. The molecule has 1 aliphatic heterocycles. The molecule has 114 valence electrons. The minimum absolute atomic E-state index is 0.0652. The van der Waals surface area contributed by atoms with Crippen LogP contribution in [-0.4, -0.2) is 30.1 Å². The van der Waals surface area contributed by atoms with Gasteiger partial charge in [-0.05, 0) is 56.3 Å². The van der Waals surface area contributed by atoms with Gasteiger partial charge in [-0.3, -0.25) is 0 Å². The Kier molecular flexibility index (Phi) is 4.15. The van der Waals surface area contributed by atoms with Gasteiger partial charge in [-0.25, -0.2) is 4.79 Å². The zero-order valence-corrected chi connectivity index (χ0v) is 12.9. The number of anilines is 1. The number of carbonyl (C=O) groups is 1. The molecule has 0 spiro atoms. The lowest BCUT2D eigenvalue weighted by molar-refractivity contribution is 0.194. The van der Waals surface area contributed by atoms with Crippen molar-refractivity contribution in [3.8, 4) is 0 Å². The second-order valence-electron chi connectivity index (χ2n) is 6.32. The normalized spacial score (nSPS) is 25.1. The maximum Gasteiger partial charge on any atom is 0.322 e. The highest BCUT2D eigenvalue weighted by Gasteiger charge is 2.40. The summed E-state index contributed by atoms with van der Waals surface area (Å²) in [5, 5.41) is 6.46. The van der Waals surface area contributed by atoms with E-state index in [2.05, 4.69) is 36.6 Å². The number of rotatable bonds is 4. The molecule has 3 rings (SSSR count). The van der Waals surface area contributed by atoms with Crippen molar-refractivity contribution in [2.45, 2.75) is 45.2 Å². The first kappa shape index (κ1) is 14.4. The van der Waals surface area contributed by atoms with Crippen LogP contribution in [0.25, 0.3) is 0 Å². The quantitative estimate of drug-likeness (QED) is 0.891. The van der Waals surface area contributed by atoms with E-state index in [1.807, 2.05) is 17.0 Å². The van der Waals surface area contributed by atoms with Crippen molar-refractivity contribution >= 4 is 11.7 Å². The fourth-order valence-electron chi connectivity index (χ4n) is 3.68. The zero-order chi connectivity index (χ0) is 14.8. The Hall–Kier alpha value is -1.55. The smallest absolute Gasteiger partial charge is 0.321 e. The molecule has 1 aromatic carbocycles. The van der Waals surface area contributed by atoms with Gasteiger partial charge in [-0.15, -0.1) is 0 Å². The number of fused-ring (bicyclic) bond motifs is 2. The van der Waals surface area contributed by atoms with Gasteiger partial charge < -0.3 is 15.5 Å². The summed E-state index contributed by atoms with van der Waals surface area (Å²) in [5.74, 6) is 0.737. The van der Waals surface area contributed by atoms with Crippen molar-refractivity contribution < 1.29 is 4.79 Å². The molecule has 2 aliphatic rings. The van der Waals surface area contributed by atoms with Crippen molar-refractivity contribution in [1.82, 2.24) is 10.2 Å². The molecular formula is C17H25N3O. The summed E-state index contributed by atoms with van der Waals surface area (Å²) in [6, 6.07) is 8.98. The molecule has 1 saturated carbocycles. The SMILES string of the molecule is CCNC(C)c1cccc(NC(=O)N2CC3CCC2C3)c1. The van der Waals surface area contributed by atoms with Gasteiger partial charge in [0.2, 0.25) is 0 Å². The largest absolute Gasteiger partial charge is 0.322 e. The Balaban J connectivity index is 1.64. The lowest BCUT2D eigenvalue weighted by Gasteiger charge is -2.27. The number of nitrogens with one attached hydrogen (secondary N) is 2. The highest BCUT2D eigenvalue weighted by atomic mass is 16.2. The van der Waals surface area contributed by atoms with Gasteiger partial charge in [0.15, 0.2) is 0 Å². The first-order valence-corrected chi connectivity index (χ1v) is 8.08. The van der Waals surface area contributed by atoms with Crippen LogP contribution in [0.3, 0.4) is 0 Å². The molecule has 2 N–H and O–H groups in total. The molecule has 1 heterocycles. The second kappa shape index (κ2) is 6.06. The van der Waals surface area contributed by atoms with Gasteiger partial charge in [0.1, 0.15) is 0 Å². The van der Waals surface area contributed by atoms with E-state index in [1.165, 1.54) is 24.8 Å². The Labute approximate surface area is 126 Å². The highest BCUT2D eigenvalue weighted by Crippen LogP contribution is 2.37. The number of amides is 2. The van der Waals surface area contributed by atoms with Gasteiger partial charge >= 0.3 is 6.03 Å². The fraction of sp³-hybridized carbons (Fsp3) is 0.588. The predicted molar refractivity (Wildman–Crippen MR) is 85.4 cm³/mol. The number of carbonyl (C=O) groups excluding carboxylic acids is 1. The van der Waals surface area contributed by atoms with Crippen LogP contribution in [0, 0.1) is 5.92 Å². The number of nitrogens with zero attached hydrogens (tertiary/aromatic N) is 1. The molecule has 1 aromatic rings. The molecule has 1 saturated heterocycles. The first-order valence-electron chi connectivity index (χ1n) is 8.08.